The zero-order chi connectivity index (χ0) is 18.1. The molecule has 0 spiro atoms. The molecule has 0 aliphatic heterocycles. The zero-order valence-corrected chi connectivity index (χ0v) is 16.3. The Bertz CT molecular complexity index is 606. The second-order valence-electron chi connectivity index (χ2n) is 7.01. The van der Waals surface area contributed by atoms with Crippen molar-refractivity contribution in [2.24, 2.45) is 10.9 Å². The van der Waals surface area contributed by atoms with Crippen molar-refractivity contribution >= 4 is 11.3 Å². The lowest BCUT2D eigenvalue weighted by atomic mass is 10.0. The largest absolute Gasteiger partial charge is 0.493 e. The number of unbranched alkanes of at least 4 members (excludes halogenated alkanes) is 1. The smallest absolute Gasteiger partial charge is 0.120 e. The van der Waals surface area contributed by atoms with Crippen LogP contribution >= 0.6 is 0 Å². The third-order valence-corrected chi connectivity index (χ3v) is 3.92. The molecule has 0 N–H and O–H groups in total. The normalized spacial score (nSPS) is 12.7. The van der Waals surface area contributed by atoms with Crippen molar-refractivity contribution in [1.82, 2.24) is 0 Å². The number of ether oxygens (including phenoxy) is 1. The van der Waals surface area contributed by atoms with Gasteiger partial charge in [0.2, 0.25) is 0 Å². The van der Waals surface area contributed by atoms with Crippen LogP contribution in [0, 0.1) is 5.92 Å². The highest BCUT2D eigenvalue weighted by Crippen LogP contribution is 2.23. The summed E-state index contributed by atoms with van der Waals surface area (Å²) in [7, 11) is 0. The minimum absolute atomic E-state index is 0.572. The topological polar surface area (TPSA) is 21.6 Å². The summed E-state index contributed by atoms with van der Waals surface area (Å²) in [5.74, 6) is 1.47. The number of allylic oxidation sites excluding steroid dienone is 2. The van der Waals surface area contributed by atoms with E-state index in [-0.39, 0.29) is 0 Å². The van der Waals surface area contributed by atoms with Gasteiger partial charge < -0.3 is 4.74 Å². The molecule has 0 aliphatic carbocycles. The Morgan fingerprint density at radius 2 is 1.83 bits per heavy atom. The summed E-state index contributed by atoms with van der Waals surface area (Å²) in [6.45, 7) is 17.5. The van der Waals surface area contributed by atoms with E-state index in [1.54, 1.807) is 0 Å². The van der Waals surface area contributed by atoms with Gasteiger partial charge in [-0.15, -0.1) is 0 Å². The van der Waals surface area contributed by atoms with E-state index in [9.17, 15) is 0 Å². The average Bonchev–Trinajstić information content (AvgIpc) is 2.55. The van der Waals surface area contributed by atoms with Crippen molar-refractivity contribution in [1.29, 1.82) is 0 Å². The summed E-state index contributed by atoms with van der Waals surface area (Å²) < 4.78 is 6.06. The summed E-state index contributed by atoms with van der Waals surface area (Å²) in [6.07, 6.45) is 5.61. The van der Waals surface area contributed by atoms with E-state index in [0.717, 1.165) is 34.8 Å². The number of aliphatic imine (C=N–C) groups is 1. The highest BCUT2D eigenvalue weighted by Gasteiger charge is 2.08. The van der Waals surface area contributed by atoms with Crippen LogP contribution in [0.15, 0.2) is 41.5 Å². The first-order chi connectivity index (χ1) is 11.3. The van der Waals surface area contributed by atoms with Gasteiger partial charge in [-0.05, 0) is 69.4 Å². The van der Waals surface area contributed by atoms with Crippen LogP contribution in [0.1, 0.15) is 71.9 Å². The van der Waals surface area contributed by atoms with Crippen molar-refractivity contribution in [3.63, 3.8) is 0 Å². The van der Waals surface area contributed by atoms with Gasteiger partial charge in [0.15, 0.2) is 0 Å². The molecule has 0 aromatic heterocycles. The van der Waals surface area contributed by atoms with Gasteiger partial charge >= 0.3 is 0 Å². The van der Waals surface area contributed by atoms with Gasteiger partial charge in [-0.2, -0.15) is 0 Å². The summed E-state index contributed by atoms with van der Waals surface area (Å²) in [5, 5.41) is 0. The highest BCUT2D eigenvalue weighted by molar-refractivity contribution is 6.00. The predicted octanol–water partition coefficient (Wildman–Crippen LogP) is 6.66. The maximum atomic E-state index is 6.06. The third kappa shape index (κ3) is 7.16. The van der Waals surface area contributed by atoms with Crippen LogP contribution in [-0.4, -0.2) is 12.3 Å². The molecule has 0 amide bonds. The van der Waals surface area contributed by atoms with Crippen LogP contribution < -0.4 is 4.74 Å². The Kier molecular flexibility index (Phi) is 8.53. The lowest BCUT2D eigenvalue weighted by molar-refractivity contribution is 0.249. The molecule has 132 valence electrons. The van der Waals surface area contributed by atoms with Crippen LogP contribution in [0.3, 0.4) is 0 Å². The van der Waals surface area contributed by atoms with E-state index in [2.05, 4.69) is 43.6 Å². The van der Waals surface area contributed by atoms with Gasteiger partial charge in [0.1, 0.15) is 5.75 Å². The van der Waals surface area contributed by atoms with Gasteiger partial charge in [-0.25, -0.2) is 0 Å². The lowest BCUT2D eigenvalue weighted by Crippen LogP contribution is -2.09. The summed E-state index contributed by atoms with van der Waals surface area (Å²) in [6, 6.07) is 6.29. The van der Waals surface area contributed by atoms with Crippen molar-refractivity contribution in [2.75, 3.05) is 6.61 Å². The van der Waals surface area contributed by atoms with E-state index in [1.807, 2.05) is 33.9 Å². The lowest BCUT2D eigenvalue weighted by Gasteiger charge is -2.15. The maximum absolute atomic E-state index is 6.06. The molecule has 2 nitrogen and oxygen atoms in total. The fourth-order valence-corrected chi connectivity index (χ4v) is 2.31. The van der Waals surface area contributed by atoms with Crippen molar-refractivity contribution in [2.45, 2.75) is 60.8 Å². The van der Waals surface area contributed by atoms with Crippen molar-refractivity contribution < 1.29 is 4.74 Å². The first kappa shape index (κ1) is 20.2. The quantitative estimate of drug-likeness (QED) is 0.465. The molecule has 0 radical (unpaired) electrons. The Morgan fingerprint density at radius 1 is 1.17 bits per heavy atom. The minimum Gasteiger partial charge on any atom is -0.493 e. The van der Waals surface area contributed by atoms with Crippen molar-refractivity contribution in [3.05, 3.63) is 47.7 Å². The number of rotatable bonds is 9. The van der Waals surface area contributed by atoms with Crippen LogP contribution in [0.4, 0.5) is 0 Å². The molecule has 1 atom stereocenters. The molecule has 0 saturated carbocycles. The predicted molar refractivity (Wildman–Crippen MR) is 107 cm³/mol. The molecule has 1 unspecified atom stereocenters. The maximum Gasteiger partial charge on any atom is 0.120 e. The average molecular weight is 328 g/mol. The van der Waals surface area contributed by atoms with Gasteiger partial charge in [-0.3, -0.25) is 4.99 Å². The first-order valence-corrected chi connectivity index (χ1v) is 8.95. The number of benzene rings is 1. The molecule has 0 heterocycles. The van der Waals surface area contributed by atoms with Gasteiger partial charge in [0.05, 0.1) is 6.61 Å². The van der Waals surface area contributed by atoms with Gasteiger partial charge in [0, 0.05) is 11.9 Å². The monoisotopic (exact) mass is 327 g/mol. The fourth-order valence-electron chi connectivity index (χ4n) is 2.31. The minimum atomic E-state index is 0.572. The molecule has 2 heteroatoms. The van der Waals surface area contributed by atoms with E-state index in [1.165, 1.54) is 24.8 Å². The van der Waals surface area contributed by atoms with E-state index in [0.29, 0.717) is 5.92 Å². The number of hydrogen-bond acceptors (Lipinski definition) is 2. The number of nitrogens with zero attached hydrogens (tertiary/aromatic N) is 1. The number of hydrogen-bond donors (Lipinski definition) is 0. The van der Waals surface area contributed by atoms with Gasteiger partial charge in [0.25, 0.3) is 0 Å². The second-order valence-corrected chi connectivity index (χ2v) is 7.01. The second kappa shape index (κ2) is 10.1. The van der Waals surface area contributed by atoms with Crippen LogP contribution in [-0.2, 0) is 0 Å². The molecular weight excluding hydrogens is 294 g/mol. The first-order valence-electron chi connectivity index (χ1n) is 8.95. The zero-order valence-electron chi connectivity index (χ0n) is 16.3. The van der Waals surface area contributed by atoms with Crippen LogP contribution in [0.2, 0.25) is 0 Å². The Morgan fingerprint density at radius 3 is 2.42 bits per heavy atom. The van der Waals surface area contributed by atoms with E-state index < -0.39 is 0 Å². The summed E-state index contributed by atoms with van der Waals surface area (Å²) >= 11 is 0. The molecular formula is C22H33NO. The molecule has 0 fully saturated rings. The van der Waals surface area contributed by atoms with Crippen LogP contribution in [0.5, 0.6) is 5.75 Å². The summed E-state index contributed by atoms with van der Waals surface area (Å²) in [4.78, 5) is 4.54. The molecule has 1 aromatic carbocycles. The molecule has 0 bridgehead atoms. The van der Waals surface area contributed by atoms with Gasteiger partial charge in [-0.1, -0.05) is 44.4 Å². The van der Waals surface area contributed by atoms with E-state index in [4.69, 9.17) is 4.74 Å². The van der Waals surface area contributed by atoms with E-state index >= 15 is 0 Å². The third-order valence-electron chi connectivity index (χ3n) is 3.92. The SMILES string of the molecule is C=C(C)c1cc(OCC(C)CCCC)cc(/C(C)=N/C=C(C)C)c1. The molecule has 0 aliphatic rings. The Balaban J connectivity index is 2.98. The van der Waals surface area contributed by atoms with Crippen LogP contribution in [0.25, 0.3) is 5.57 Å². The Labute approximate surface area is 148 Å². The molecule has 24 heavy (non-hydrogen) atoms. The Hall–Kier alpha value is -1.83. The standard InChI is InChI=1S/C22H33NO/c1-8-9-10-18(6)15-24-22-12-20(17(4)5)11-21(13-22)19(7)23-14-16(2)3/h11-14,18H,4,8-10,15H2,1-3,5-7H3/b23-19+. The highest BCUT2D eigenvalue weighted by atomic mass is 16.5. The molecule has 1 rings (SSSR count). The molecule has 1 aromatic rings. The summed E-state index contributed by atoms with van der Waals surface area (Å²) in [5.41, 5.74) is 5.41. The van der Waals surface area contributed by atoms with Crippen molar-refractivity contribution in [3.8, 4) is 5.75 Å². The fraction of sp³-hybridized carbons (Fsp3) is 0.500. The molecule has 0 saturated heterocycles.